The van der Waals surface area contributed by atoms with Crippen LogP contribution in [0.15, 0.2) is 12.2 Å². The van der Waals surface area contributed by atoms with Crippen molar-refractivity contribution in [3.63, 3.8) is 0 Å². The van der Waals surface area contributed by atoms with Gasteiger partial charge in [-0.25, -0.2) is 0 Å². The lowest BCUT2D eigenvalue weighted by atomic mass is 9.99. The van der Waals surface area contributed by atoms with Crippen molar-refractivity contribution in [1.29, 1.82) is 0 Å². The maximum Gasteiger partial charge on any atom is 0.306 e. The molecular weight excluding hydrogens is 218 g/mol. The van der Waals surface area contributed by atoms with E-state index < -0.39 is 5.97 Å². The fourth-order valence-electron chi connectivity index (χ4n) is 2.69. The molecule has 0 radical (unpaired) electrons. The smallest absolute Gasteiger partial charge is 0.306 e. The second-order valence-corrected chi connectivity index (χ2v) is 5.04. The predicted octanol–water partition coefficient (Wildman–Crippen LogP) is 1.71. The molecule has 4 nitrogen and oxygen atoms in total. The van der Waals surface area contributed by atoms with Gasteiger partial charge in [-0.15, -0.1) is 0 Å². The number of carbonyl (C=O) groups excluding carboxylic acids is 1. The highest BCUT2D eigenvalue weighted by atomic mass is 16.4. The SMILES string of the molecule is O=C(O)[C@@H]1CC[C@H](C(=O)NC2CC=CCC2)C1. The van der Waals surface area contributed by atoms with Gasteiger partial charge in [-0.1, -0.05) is 12.2 Å². The van der Waals surface area contributed by atoms with Gasteiger partial charge in [0.25, 0.3) is 0 Å². The first kappa shape index (κ1) is 12.1. The summed E-state index contributed by atoms with van der Waals surface area (Å²) in [6, 6.07) is 0.247. The number of amides is 1. The first-order valence-corrected chi connectivity index (χ1v) is 6.35. The Kier molecular flexibility index (Phi) is 3.82. The van der Waals surface area contributed by atoms with Crippen LogP contribution in [-0.4, -0.2) is 23.0 Å². The molecule has 2 aliphatic carbocycles. The van der Waals surface area contributed by atoms with E-state index in [4.69, 9.17) is 5.11 Å². The third-order valence-corrected chi connectivity index (χ3v) is 3.77. The minimum Gasteiger partial charge on any atom is -0.481 e. The number of aliphatic carboxylic acids is 1. The third-order valence-electron chi connectivity index (χ3n) is 3.77. The highest BCUT2D eigenvalue weighted by molar-refractivity contribution is 5.81. The van der Waals surface area contributed by atoms with Crippen LogP contribution < -0.4 is 5.32 Å². The van der Waals surface area contributed by atoms with Crippen molar-refractivity contribution in [3.8, 4) is 0 Å². The summed E-state index contributed by atoms with van der Waals surface area (Å²) in [6.45, 7) is 0. The van der Waals surface area contributed by atoms with Crippen molar-refractivity contribution in [1.82, 2.24) is 5.32 Å². The Bertz CT molecular complexity index is 338. The monoisotopic (exact) mass is 237 g/mol. The van der Waals surface area contributed by atoms with Gasteiger partial charge in [0, 0.05) is 12.0 Å². The average molecular weight is 237 g/mol. The molecule has 0 heterocycles. The van der Waals surface area contributed by atoms with Crippen LogP contribution in [0.1, 0.15) is 38.5 Å². The van der Waals surface area contributed by atoms with Gasteiger partial charge in [-0.05, 0) is 38.5 Å². The zero-order valence-electron chi connectivity index (χ0n) is 9.89. The lowest BCUT2D eigenvalue weighted by Gasteiger charge is -2.21. The maximum atomic E-state index is 12.0. The summed E-state index contributed by atoms with van der Waals surface area (Å²) in [5.41, 5.74) is 0. The number of hydrogen-bond donors (Lipinski definition) is 2. The van der Waals surface area contributed by atoms with Gasteiger partial charge < -0.3 is 10.4 Å². The van der Waals surface area contributed by atoms with Crippen molar-refractivity contribution in [2.45, 2.75) is 44.6 Å². The van der Waals surface area contributed by atoms with Gasteiger partial charge in [-0.3, -0.25) is 9.59 Å². The maximum absolute atomic E-state index is 12.0. The van der Waals surface area contributed by atoms with E-state index in [1.807, 2.05) is 0 Å². The zero-order chi connectivity index (χ0) is 12.3. The highest BCUT2D eigenvalue weighted by Crippen LogP contribution is 2.31. The van der Waals surface area contributed by atoms with E-state index in [1.165, 1.54) is 0 Å². The Morgan fingerprint density at radius 2 is 1.88 bits per heavy atom. The van der Waals surface area contributed by atoms with Gasteiger partial charge in [0.2, 0.25) is 5.91 Å². The summed E-state index contributed by atoms with van der Waals surface area (Å²) in [5, 5.41) is 11.9. The largest absolute Gasteiger partial charge is 0.481 e. The summed E-state index contributed by atoms with van der Waals surface area (Å²) in [4.78, 5) is 22.8. The second kappa shape index (κ2) is 5.34. The van der Waals surface area contributed by atoms with Crippen LogP contribution in [0, 0.1) is 11.8 Å². The Morgan fingerprint density at radius 3 is 2.47 bits per heavy atom. The van der Waals surface area contributed by atoms with Crippen molar-refractivity contribution in [2.24, 2.45) is 11.8 Å². The summed E-state index contributed by atoms with van der Waals surface area (Å²) in [6.07, 6.45) is 9.01. The van der Waals surface area contributed by atoms with Gasteiger partial charge in [-0.2, -0.15) is 0 Å². The van der Waals surface area contributed by atoms with Crippen molar-refractivity contribution < 1.29 is 14.7 Å². The number of allylic oxidation sites excluding steroid dienone is 1. The van der Waals surface area contributed by atoms with Gasteiger partial charge in [0.15, 0.2) is 0 Å². The van der Waals surface area contributed by atoms with E-state index in [1.54, 1.807) is 0 Å². The quantitative estimate of drug-likeness (QED) is 0.734. The molecule has 1 unspecified atom stereocenters. The molecule has 0 aliphatic heterocycles. The van der Waals surface area contributed by atoms with Gasteiger partial charge in [0.1, 0.15) is 0 Å². The molecule has 0 aromatic rings. The number of carbonyl (C=O) groups is 2. The molecule has 0 saturated heterocycles. The van der Waals surface area contributed by atoms with Gasteiger partial charge >= 0.3 is 5.97 Å². The molecule has 94 valence electrons. The van der Waals surface area contributed by atoms with E-state index in [0.29, 0.717) is 19.3 Å². The fraction of sp³-hybridized carbons (Fsp3) is 0.692. The Balaban J connectivity index is 1.80. The number of rotatable bonds is 3. The summed E-state index contributed by atoms with van der Waals surface area (Å²) >= 11 is 0. The summed E-state index contributed by atoms with van der Waals surface area (Å²) in [7, 11) is 0. The molecule has 1 amide bonds. The van der Waals surface area contributed by atoms with Crippen LogP contribution in [0.4, 0.5) is 0 Å². The standard InChI is InChI=1S/C13H19NO3/c15-12(14-11-4-2-1-3-5-11)9-6-7-10(8-9)13(16)17/h1-2,9-11H,3-8H2,(H,14,15)(H,16,17)/t9-,10+,11?/m0/s1. The number of carboxylic acid groups (broad SMARTS) is 1. The van der Waals surface area contributed by atoms with Crippen molar-refractivity contribution >= 4 is 11.9 Å². The highest BCUT2D eigenvalue weighted by Gasteiger charge is 2.34. The molecule has 3 atom stereocenters. The van der Waals surface area contributed by atoms with E-state index in [9.17, 15) is 9.59 Å². The number of nitrogens with one attached hydrogen (secondary N) is 1. The lowest BCUT2D eigenvalue weighted by Crippen LogP contribution is -2.38. The molecular formula is C13H19NO3. The lowest BCUT2D eigenvalue weighted by molar-refractivity contribution is -0.141. The number of hydrogen-bond acceptors (Lipinski definition) is 2. The van der Waals surface area contributed by atoms with E-state index in [0.717, 1.165) is 19.3 Å². The molecule has 0 aromatic heterocycles. The molecule has 1 fully saturated rings. The van der Waals surface area contributed by atoms with E-state index in [2.05, 4.69) is 17.5 Å². The van der Waals surface area contributed by atoms with E-state index >= 15 is 0 Å². The van der Waals surface area contributed by atoms with Crippen LogP contribution >= 0.6 is 0 Å². The van der Waals surface area contributed by atoms with Crippen LogP contribution in [-0.2, 0) is 9.59 Å². The topological polar surface area (TPSA) is 66.4 Å². The molecule has 0 spiro atoms. The van der Waals surface area contributed by atoms with Crippen LogP contribution in [0.3, 0.4) is 0 Å². The Labute approximate surface area is 101 Å². The van der Waals surface area contributed by atoms with Gasteiger partial charge in [0.05, 0.1) is 5.92 Å². The number of carboxylic acids is 1. The van der Waals surface area contributed by atoms with E-state index in [-0.39, 0.29) is 23.8 Å². The minimum absolute atomic E-state index is 0.0500. The Morgan fingerprint density at radius 1 is 1.12 bits per heavy atom. The Hall–Kier alpha value is -1.32. The summed E-state index contributed by atoms with van der Waals surface area (Å²) in [5.74, 6) is -1.13. The van der Waals surface area contributed by atoms with Crippen molar-refractivity contribution in [3.05, 3.63) is 12.2 Å². The predicted molar refractivity (Wildman–Crippen MR) is 63.4 cm³/mol. The summed E-state index contributed by atoms with van der Waals surface area (Å²) < 4.78 is 0. The molecule has 4 heteroatoms. The molecule has 2 N–H and O–H groups in total. The van der Waals surface area contributed by atoms with Crippen LogP contribution in [0.25, 0.3) is 0 Å². The molecule has 1 saturated carbocycles. The molecule has 0 aromatic carbocycles. The molecule has 2 aliphatic rings. The first-order valence-electron chi connectivity index (χ1n) is 6.35. The first-order chi connectivity index (χ1) is 8.16. The van der Waals surface area contributed by atoms with Crippen molar-refractivity contribution in [2.75, 3.05) is 0 Å². The molecule has 17 heavy (non-hydrogen) atoms. The second-order valence-electron chi connectivity index (χ2n) is 5.04. The fourth-order valence-corrected chi connectivity index (χ4v) is 2.69. The molecule has 2 rings (SSSR count). The zero-order valence-corrected chi connectivity index (χ0v) is 9.89. The van der Waals surface area contributed by atoms with Crippen LogP contribution in [0.2, 0.25) is 0 Å². The molecule has 0 bridgehead atoms. The van der Waals surface area contributed by atoms with Crippen LogP contribution in [0.5, 0.6) is 0 Å². The minimum atomic E-state index is -0.763. The average Bonchev–Trinajstić information content (AvgIpc) is 2.79. The normalized spacial score (nSPS) is 32.4. The third kappa shape index (κ3) is 3.08.